The van der Waals surface area contributed by atoms with E-state index in [-0.39, 0.29) is 0 Å². The second-order valence-corrected chi connectivity index (χ2v) is 3.44. The molecular weight excluding hydrogens is 124 g/mol. The molecule has 0 radical (unpaired) electrons. The maximum atomic E-state index is 9.53. The molecule has 0 atom stereocenters. The Labute approximate surface area is 62.1 Å². The van der Waals surface area contributed by atoms with Gasteiger partial charge >= 0.3 is 0 Å². The second kappa shape index (κ2) is 2.24. The highest BCUT2D eigenvalue weighted by Gasteiger charge is 2.20. The Morgan fingerprint density at radius 3 is 2.20 bits per heavy atom. The molecule has 0 heterocycles. The molecule has 0 aromatic heterocycles. The summed E-state index contributed by atoms with van der Waals surface area (Å²) in [5.41, 5.74) is 1.82. The van der Waals surface area contributed by atoms with Crippen LogP contribution >= 0.6 is 0 Å². The standard InChI is InChI=1S/C9H14O/c1-7-4-5-8(6-7)9(2,3)10/h4-5,10H,6H2,1-3H3. The zero-order valence-corrected chi connectivity index (χ0v) is 6.81. The van der Waals surface area contributed by atoms with Crippen LogP contribution in [0.3, 0.4) is 0 Å². The second-order valence-electron chi connectivity index (χ2n) is 3.44. The first-order valence-corrected chi connectivity index (χ1v) is 3.59. The highest BCUT2D eigenvalue weighted by molar-refractivity contribution is 5.33. The molecule has 0 aromatic carbocycles. The minimum absolute atomic E-state index is 0.631. The predicted molar refractivity (Wildman–Crippen MR) is 42.8 cm³/mol. The molecule has 0 fully saturated rings. The van der Waals surface area contributed by atoms with Gasteiger partial charge in [0.05, 0.1) is 5.60 Å². The van der Waals surface area contributed by atoms with Crippen molar-refractivity contribution >= 4 is 0 Å². The minimum atomic E-state index is -0.631. The van der Waals surface area contributed by atoms with Gasteiger partial charge in [-0.05, 0) is 32.8 Å². The lowest BCUT2D eigenvalue weighted by Crippen LogP contribution is -2.20. The molecule has 1 heteroatoms. The van der Waals surface area contributed by atoms with Crippen LogP contribution in [0.25, 0.3) is 0 Å². The lowest BCUT2D eigenvalue weighted by atomic mass is 9.96. The van der Waals surface area contributed by atoms with E-state index in [1.54, 1.807) is 0 Å². The number of aliphatic hydroxyl groups is 1. The highest BCUT2D eigenvalue weighted by Crippen LogP contribution is 2.27. The van der Waals surface area contributed by atoms with Gasteiger partial charge in [0.15, 0.2) is 0 Å². The average Bonchev–Trinajstić information content (AvgIpc) is 2.11. The van der Waals surface area contributed by atoms with E-state index in [4.69, 9.17) is 0 Å². The third kappa shape index (κ3) is 1.48. The number of allylic oxidation sites excluding steroid dienone is 3. The van der Waals surface area contributed by atoms with Gasteiger partial charge in [-0.15, -0.1) is 0 Å². The van der Waals surface area contributed by atoms with Crippen LogP contribution in [0.5, 0.6) is 0 Å². The Balaban J connectivity index is 2.66. The molecule has 0 saturated heterocycles. The Morgan fingerprint density at radius 2 is 2.00 bits per heavy atom. The summed E-state index contributed by atoms with van der Waals surface area (Å²) in [5, 5.41) is 9.53. The fraction of sp³-hybridized carbons (Fsp3) is 0.556. The summed E-state index contributed by atoms with van der Waals surface area (Å²) in [5.74, 6) is 0. The Bertz CT molecular complexity index is 191. The summed E-state index contributed by atoms with van der Waals surface area (Å²) in [6.45, 7) is 5.73. The lowest BCUT2D eigenvalue weighted by molar-refractivity contribution is 0.118. The van der Waals surface area contributed by atoms with Crippen molar-refractivity contribution in [3.63, 3.8) is 0 Å². The zero-order chi connectivity index (χ0) is 7.78. The van der Waals surface area contributed by atoms with Crippen molar-refractivity contribution in [3.05, 3.63) is 23.3 Å². The van der Waals surface area contributed by atoms with Crippen LogP contribution in [-0.2, 0) is 0 Å². The quantitative estimate of drug-likeness (QED) is 0.588. The Morgan fingerprint density at radius 1 is 1.40 bits per heavy atom. The molecule has 1 aliphatic rings. The molecule has 56 valence electrons. The van der Waals surface area contributed by atoms with E-state index in [2.05, 4.69) is 13.0 Å². The van der Waals surface area contributed by atoms with Crippen molar-refractivity contribution in [1.29, 1.82) is 0 Å². The summed E-state index contributed by atoms with van der Waals surface area (Å²) < 4.78 is 0. The number of hydrogen-bond donors (Lipinski definition) is 1. The molecule has 0 amide bonds. The van der Waals surface area contributed by atoms with Gasteiger partial charge in [0.25, 0.3) is 0 Å². The smallest absolute Gasteiger partial charge is 0.0806 e. The van der Waals surface area contributed by atoms with Crippen molar-refractivity contribution in [2.24, 2.45) is 0 Å². The van der Waals surface area contributed by atoms with Crippen molar-refractivity contribution in [1.82, 2.24) is 0 Å². The van der Waals surface area contributed by atoms with Gasteiger partial charge < -0.3 is 5.11 Å². The zero-order valence-electron chi connectivity index (χ0n) is 6.81. The Hall–Kier alpha value is -0.560. The molecule has 0 unspecified atom stereocenters. The number of rotatable bonds is 1. The number of hydrogen-bond acceptors (Lipinski definition) is 1. The summed E-state index contributed by atoms with van der Waals surface area (Å²) >= 11 is 0. The summed E-state index contributed by atoms with van der Waals surface area (Å²) in [7, 11) is 0. The highest BCUT2D eigenvalue weighted by atomic mass is 16.3. The normalized spacial score (nSPS) is 18.8. The molecule has 10 heavy (non-hydrogen) atoms. The van der Waals surface area contributed by atoms with E-state index < -0.39 is 5.60 Å². The van der Waals surface area contributed by atoms with Crippen LogP contribution in [0.4, 0.5) is 0 Å². The molecule has 1 nitrogen and oxygen atoms in total. The molecule has 0 spiro atoms. The molecule has 0 bridgehead atoms. The van der Waals surface area contributed by atoms with E-state index in [9.17, 15) is 5.11 Å². The largest absolute Gasteiger partial charge is 0.386 e. The molecule has 1 aliphatic carbocycles. The van der Waals surface area contributed by atoms with Gasteiger partial charge in [-0.1, -0.05) is 17.7 Å². The van der Waals surface area contributed by atoms with E-state index in [1.165, 1.54) is 5.57 Å². The SMILES string of the molecule is CC1=CC=C(C(C)(C)O)C1. The summed E-state index contributed by atoms with van der Waals surface area (Å²) in [6.07, 6.45) is 5.01. The van der Waals surface area contributed by atoms with Crippen LogP contribution in [0.2, 0.25) is 0 Å². The Kier molecular flexibility index (Phi) is 1.69. The fourth-order valence-electron chi connectivity index (χ4n) is 1.08. The van der Waals surface area contributed by atoms with E-state index >= 15 is 0 Å². The first kappa shape index (κ1) is 7.55. The monoisotopic (exact) mass is 138 g/mol. The van der Waals surface area contributed by atoms with E-state index in [0.29, 0.717) is 0 Å². The van der Waals surface area contributed by atoms with E-state index in [1.807, 2.05) is 19.9 Å². The van der Waals surface area contributed by atoms with Gasteiger partial charge in [-0.3, -0.25) is 0 Å². The van der Waals surface area contributed by atoms with Crippen LogP contribution in [-0.4, -0.2) is 10.7 Å². The fourth-order valence-corrected chi connectivity index (χ4v) is 1.08. The van der Waals surface area contributed by atoms with Crippen LogP contribution < -0.4 is 0 Å². The topological polar surface area (TPSA) is 20.2 Å². The third-order valence-electron chi connectivity index (χ3n) is 1.82. The predicted octanol–water partition coefficient (Wildman–Crippen LogP) is 2.03. The summed E-state index contributed by atoms with van der Waals surface area (Å²) in [6, 6.07) is 0. The molecule has 1 rings (SSSR count). The first-order chi connectivity index (χ1) is 4.50. The van der Waals surface area contributed by atoms with Gasteiger partial charge in [-0.25, -0.2) is 0 Å². The van der Waals surface area contributed by atoms with Crippen LogP contribution in [0.1, 0.15) is 27.2 Å². The van der Waals surface area contributed by atoms with Gasteiger partial charge in [0.2, 0.25) is 0 Å². The molecule has 1 N–H and O–H groups in total. The van der Waals surface area contributed by atoms with Crippen LogP contribution in [0.15, 0.2) is 23.3 Å². The van der Waals surface area contributed by atoms with Crippen molar-refractivity contribution in [2.75, 3.05) is 0 Å². The molecular formula is C9H14O. The maximum Gasteiger partial charge on any atom is 0.0806 e. The van der Waals surface area contributed by atoms with Crippen molar-refractivity contribution in [2.45, 2.75) is 32.8 Å². The minimum Gasteiger partial charge on any atom is -0.386 e. The van der Waals surface area contributed by atoms with Gasteiger partial charge in [-0.2, -0.15) is 0 Å². The van der Waals surface area contributed by atoms with Gasteiger partial charge in [0, 0.05) is 0 Å². The first-order valence-electron chi connectivity index (χ1n) is 3.59. The van der Waals surface area contributed by atoms with Crippen molar-refractivity contribution in [3.8, 4) is 0 Å². The lowest BCUT2D eigenvalue weighted by Gasteiger charge is -2.18. The van der Waals surface area contributed by atoms with Crippen molar-refractivity contribution < 1.29 is 5.11 Å². The maximum absolute atomic E-state index is 9.53. The molecule has 0 aromatic rings. The van der Waals surface area contributed by atoms with E-state index in [0.717, 1.165) is 12.0 Å². The van der Waals surface area contributed by atoms with Crippen LogP contribution in [0, 0.1) is 0 Å². The summed E-state index contributed by atoms with van der Waals surface area (Å²) in [4.78, 5) is 0. The van der Waals surface area contributed by atoms with Gasteiger partial charge in [0.1, 0.15) is 0 Å². The molecule has 0 saturated carbocycles. The molecule has 0 aliphatic heterocycles. The third-order valence-corrected chi connectivity index (χ3v) is 1.82. The average molecular weight is 138 g/mol.